The van der Waals surface area contributed by atoms with Crippen LogP contribution in [0.15, 0.2) is 59.0 Å². The summed E-state index contributed by atoms with van der Waals surface area (Å²) in [5.41, 5.74) is 1.79. The maximum Gasteiger partial charge on any atom is 0.291 e. The van der Waals surface area contributed by atoms with Crippen LogP contribution in [0.4, 0.5) is 5.69 Å². The van der Waals surface area contributed by atoms with Crippen LogP contribution in [0.5, 0.6) is 5.75 Å². The first kappa shape index (κ1) is 20.7. The largest absolute Gasteiger partial charge is 0.494 e. The van der Waals surface area contributed by atoms with E-state index in [9.17, 15) is 9.59 Å². The summed E-state index contributed by atoms with van der Waals surface area (Å²) < 4.78 is 16.6. The van der Waals surface area contributed by atoms with Gasteiger partial charge in [0, 0.05) is 24.6 Å². The fraction of sp³-hybridized carbons (Fsp3) is 0.250. The van der Waals surface area contributed by atoms with Crippen molar-refractivity contribution in [3.8, 4) is 5.75 Å². The SMILES string of the molecule is CCOc1ccc(/C=C/C(=O)Nc2c(C(=O)N3CCOCC3)oc3ccccc23)cc1. The number of hydrogen-bond donors (Lipinski definition) is 1. The van der Waals surface area contributed by atoms with Gasteiger partial charge in [0.05, 0.1) is 19.8 Å². The molecule has 1 aliphatic heterocycles. The summed E-state index contributed by atoms with van der Waals surface area (Å²) in [6, 6.07) is 14.7. The van der Waals surface area contributed by atoms with Gasteiger partial charge in [-0.2, -0.15) is 0 Å². The van der Waals surface area contributed by atoms with Gasteiger partial charge in [-0.25, -0.2) is 0 Å². The number of carbonyl (C=O) groups excluding carboxylic acids is 2. The van der Waals surface area contributed by atoms with Crippen LogP contribution in [0.25, 0.3) is 17.0 Å². The average Bonchev–Trinajstić information content (AvgIpc) is 3.17. The molecule has 1 aliphatic rings. The van der Waals surface area contributed by atoms with Gasteiger partial charge in [0.15, 0.2) is 0 Å². The molecule has 0 spiro atoms. The van der Waals surface area contributed by atoms with E-state index in [0.29, 0.717) is 49.6 Å². The number of anilines is 1. The van der Waals surface area contributed by atoms with Crippen LogP contribution in [0.3, 0.4) is 0 Å². The van der Waals surface area contributed by atoms with E-state index in [0.717, 1.165) is 11.3 Å². The van der Waals surface area contributed by atoms with Crippen LogP contribution in [0, 0.1) is 0 Å². The molecule has 1 aromatic heterocycles. The Hall–Kier alpha value is -3.58. The van der Waals surface area contributed by atoms with E-state index >= 15 is 0 Å². The number of para-hydroxylation sites is 1. The molecule has 0 saturated carbocycles. The van der Waals surface area contributed by atoms with Crippen molar-refractivity contribution in [3.63, 3.8) is 0 Å². The molecule has 0 aliphatic carbocycles. The minimum Gasteiger partial charge on any atom is -0.494 e. The number of benzene rings is 2. The summed E-state index contributed by atoms with van der Waals surface area (Å²) in [5.74, 6) is 0.299. The lowest BCUT2D eigenvalue weighted by Crippen LogP contribution is -2.40. The van der Waals surface area contributed by atoms with Crippen LogP contribution in [-0.4, -0.2) is 49.6 Å². The third-order valence-corrected chi connectivity index (χ3v) is 4.95. The molecule has 7 heteroatoms. The standard InChI is InChI=1S/C24H24N2O5/c1-2-30-18-10-7-17(8-11-18)9-12-21(27)25-22-19-5-3-4-6-20(19)31-23(22)24(28)26-13-15-29-16-14-26/h3-12H,2,13-16H2,1H3,(H,25,27)/b12-9+. The summed E-state index contributed by atoms with van der Waals surface area (Å²) in [6.45, 7) is 4.47. The third-order valence-electron chi connectivity index (χ3n) is 4.95. The van der Waals surface area contributed by atoms with Crippen molar-refractivity contribution in [1.29, 1.82) is 0 Å². The predicted octanol–water partition coefficient (Wildman–Crippen LogP) is 3.96. The number of nitrogens with zero attached hydrogens (tertiary/aromatic N) is 1. The number of ether oxygens (including phenoxy) is 2. The predicted molar refractivity (Wildman–Crippen MR) is 118 cm³/mol. The minimum absolute atomic E-state index is 0.130. The quantitative estimate of drug-likeness (QED) is 0.611. The van der Waals surface area contributed by atoms with E-state index in [1.165, 1.54) is 6.08 Å². The van der Waals surface area contributed by atoms with Gasteiger partial charge < -0.3 is 24.1 Å². The van der Waals surface area contributed by atoms with Crippen molar-refractivity contribution in [2.45, 2.75) is 6.92 Å². The van der Waals surface area contributed by atoms with Crippen LogP contribution in [-0.2, 0) is 9.53 Å². The van der Waals surface area contributed by atoms with Gasteiger partial charge in [0.1, 0.15) is 17.0 Å². The highest BCUT2D eigenvalue weighted by atomic mass is 16.5. The van der Waals surface area contributed by atoms with E-state index in [4.69, 9.17) is 13.9 Å². The van der Waals surface area contributed by atoms with Crippen molar-refractivity contribution < 1.29 is 23.5 Å². The Labute approximate surface area is 180 Å². The Morgan fingerprint density at radius 3 is 2.58 bits per heavy atom. The van der Waals surface area contributed by atoms with Crippen LogP contribution >= 0.6 is 0 Å². The lowest BCUT2D eigenvalue weighted by Gasteiger charge is -2.26. The summed E-state index contributed by atoms with van der Waals surface area (Å²) in [4.78, 5) is 27.3. The summed E-state index contributed by atoms with van der Waals surface area (Å²) >= 11 is 0. The average molecular weight is 420 g/mol. The number of nitrogens with one attached hydrogen (secondary N) is 1. The van der Waals surface area contributed by atoms with Crippen molar-refractivity contribution in [2.75, 3.05) is 38.2 Å². The molecule has 0 atom stereocenters. The van der Waals surface area contributed by atoms with Gasteiger partial charge in [-0.05, 0) is 42.8 Å². The molecule has 1 N–H and O–H groups in total. The van der Waals surface area contributed by atoms with Crippen molar-refractivity contribution in [1.82, 2.24) is 4.90 Å². The highest BCUT2D eigenvalue weighted by Gasteiger charge is 2.27. The Balaban J connectivity index is 1.55. The summed E-state index contributed by atoms with van der Waals surface area (Å²) in [7, 11) is 0. The third kappa shape index (κ3) is 4.78. The minimum atomic E-state index is -0.350. The van der Waals surface area contributed by atoms with Crippen LogP contribution in [0.1, 0.15) is 23.0 Å². The van der Waals surface area contributed by atoms with Gasteiger partial charge >= 0.3 is 0 Å². The Kier molecular flexibility index (Phi) is 6.33. The van der Waals surface area contributed by atoms with E-state index in [2.05, 4.69) is 5.32 Å². The van der Waals surface area contributed by atoms with E-state index in [1.54, 1.807) is 17.0 Å². The Morgan fingerprint density at radius 2 is 1.84 bits per heavy atom. The first-order valence-corrected chi connectivity index (χ1v) is 10.3. The molecule has 1 fully saturated rings. The number of amides is 2. The second-order valence-corrected chi connectivity index (χ2v) is 7.03. The monoisotopic (exact) mass is 420 g/mol. The van der Waals surface area contributed by atoms with Crippen LogP contribution < -0.4 is 10.1 Å². The molecular weight excluding hydrogens is 396 g/mol. The molecule has 0 bridgehead atoms. The first-order valence-electron chi connectivity index (χ1n) is 10.3. The van der Waals surface area contributed by atoms with E-state index in [-0.39, 0.29) is 17.6 Å². The first-order chi connectivity index (χ1) is 15.2. The van der Waals surface area contributed by atoms with E-state index in [1.807, 2.05) is 49.4 Å². The van der Waals surface area contributed by atoms with Crippen molar-refractivity contribution in [3.05, 3.63) is 65.9 Å². The van der Waals surface area contributed by atoms with Crippen molar-refractivity contribution in [2.24, 2.45) is 0 Å². The number of morpholine rings is 1. The molecule has 0 radical (unpaired) electrons. The molecule has 4 rings (SSSR count). The molecule has 2 amide bonds. The van der Waals surface area contributed by atoms with Gasteiger partial charge in [-0.15, -0.1) is 0 Å². The zero-order chi connectivity index (χ0) is 21.6. The second kappa shape index (κ2) is 9.49. The molecule has 3 aromatic rings. The summed E-state index contributed by atoms with van der Waals surface area (Å²) in [5, 5.41) is 3.51. The number of hydrogen-bond acceptors (Lipinski definition) is 5. The second-order valence-electron chi connectivity index (χ2n) is 7.03. The highest BCUT2D eigenvalue weighted by Crippen LogP contribution is 2.32. The van der Waals surface area contributed by atoms with Gasteiger partial charge in [0.25, 0.3) is 5.91 Å². The number of furan rings is 1. The maximum atomic E-state index is 13.0. The van der Waals surface area contributed by atoms with Crippen LogP contribution in [0.2, 0.25) is 0 Å². The van der Waals surface area contributed by atoms with Gasteiger partial charge in [0.2, 0.25) is 11.7 Å². The fourth-order valence-corrected chi connectivity index (χ4v) is 3.41. The summed E-state index contributed by atoms with van der Waals surface area (Å²) in [6.07, 6.45) is 3.14. The number of carbonyl (C=O) groups is 2. The zero-order valence-corrected chi connectivity index (χ0v) is 17.3. The molecule has 31 heavy (non-hydrogen) atoms. The lowest BCUT2D eigenvalue weighted by atomic mass is 10.2. The normalized spacial score (nSPS) is 14.2. The number of rotatable bonds is 6. The van der Waals surface area contributed by atoms with E-state index < -0.39 is 0 Å². The molecule has 2 heterocycles. The maximum absolute atomic E-state index is 13.0. The van der Waals surface area contributed by atoms with Crippen molar-refractivity contribution >= 4 is 34.5 Å². The highest BCUT2D eigenvalue weighted by molar-refractivity contribution is 6.13. The fourth-order valence-electron chi connectivity index (χ4n) is 3.41. The topological polar surface area (TPSA) is 81.0 Å². The Morgan fingerprint density at radius 1 is 1.10 bits per heavy atom. The molecule has 0 unspecified atom stereocenters. The smallest absolute Gasteiger partial charge is 0.291 e. The molecular formula is C24H24N2O5. The molecule has 1 saturated heterocycles. The molecule has 2 aromatic carbocycles. The zero-order valence-electron chi connectivity index (χ0n) is 17.3. The van der Waals surface area contributed by atoms with Gasteiger partial charge in [-0.1, -0.05) is 24.3 Å². The lowest BCUT2D eigenvalue weighted by molar-refractivity contribution is -0.111. The molecule has 7 nitrogen and oxygen atoms in total. The van der Waals surface area contributed by atoms with Gasteiger partial charge in [-0.3, -0.25) is 9.59 Å². The molecule has 160 valence electrons. The number of fused-ring (bicyclic) bond motifs is 1. The Bertz CT molecular complexity index is 1090.